The number of ether oxygens (including phenoxy) is 2. The first-order valence-electron chi connectivity index (χ1n) is 9.46. The van der Waals surface area contributed by atoms with Crippen LogP contribution in [0.4, 0.5) is 11.4 Å². The smallest absolute Gasteiger partial charge is 0.338 e. The number of carbonyl (C=O) groups excluding carboxylic acids is 4. The predicted molar refractivity (Wildman–Crippen MR) is 111 cm³/mol. The summed E-state index contributed by atoms with van der Waals surface area (Å²) in [5, 5.41) is 5.23. The molecule has 0 bridgehead atoms. The third-order valence-electron chi connectivity index (χ3n) is 3.94. The van der Waals surface area contributed by atoms with Gasteiger partial charge in [-0.2, -0.15) is 0 Å². The van der Waals surface area contributed by atoms with E-state index in [0.717, 1.165) is 5.56 Å². The van der Waals surface area contributed by atoms with E-state index in [2.05, 4.69) is 10.6 Å². The van der Waals surface area contributed by atoms with Crippen LogP contribution in [0.3, 0.4) is 0 Å². The maximum atomic E-state index is 12.0. The zero-order chi connectivity index (χ0) is 21.9. The van der Waals surface area contributed by atoms with Crippen LogP contribution in [0.5, 0.6) is 0 Å². The first-order chi connectivity index (χ1) is 14.4. The van der Waals surface area contributed by atoms with E-state index in [1.165, 1.54) is 12.1 Å². The highest BCUT2D eigenvalue weighted by atomic mass is 16.5. The average Bonchev–Trinajstić information content (AvgIpc) is 2.73. The van der Waals surface area contributed by atoms with E-state index in [4.69, 9.17) is 9.47 Å². The van der Waals surface area contributed by atoms with Crippen LogP contribution in [0.15, 0.2) is 48.5 Å². The third-order valence-corrected chi connectivity index (χ3v) is 3.94. The number of esters is 2. The molecule has 0 radical (unpaired) electrons. The first-order valence-corrected chi connectivity index (χ1v) is 9.46. The second-order valence-electron chi connectivity index (χ2n) is 6.42. The fraction of sp³-hybridized carbons (Fsp3) is 0.273. The number of aryl methyl sites for hydroxylation is 1. The Labute approximate surface area is 174 Å². The van der Waals surface area contributed by atoms with Crippen molar-refractivity contribution >= 4 is 35.1 Å². The lowest BCUT2D eigenvalue weighted by atomic mass is 10.2. The molecule has 0 aliphatic heterocycles. The predicted octanol–water partition coefficient (Wildman–Crippen LogP) is 3.07. The standard InChI is InChI=1S/C22H24N2O6/c1-3-29-22(28)16-6-10-18(11-7-16)23-19(25)12-13-21(27)30-14-20(26)24-17-8-4-15(2)5-9-17/h4-11H,3,12-14H2,1-2H3,(H,23,25)(H,24,26). The van der Waals surface area contributed by atoms with Crippen LogP contribution >= 0.6 is 0 Å². The lowest BCUT2D eigenvalue weighted by molar-refractivity contribution is -0.147. The molecule has 30 heavy (non-hydrogen) atoms. The highest BCUT2D eigenvalue weighted by Gasteiger charge is 2.12. The van der Waals surface area contributed by atoms with Gasteiger partial charge in [-0.1, -0.05) is 17.7 Å². The number of amides is 2. The third kappa shape index (κ3) is 7.75. The minimum Gasteiger partial charge on any atom is -0.462 e. The van der Waals surface area contributed by atoms with Crippen molar-refractivity contribution < 1.29 is 28.7 Å². The van der Waals surface area contributed by atoms with Gasteiger partial charge in [0.25, 0.3) is 5.91 Å². The van der Waals surface area contributed by atoms with Crippen molar-refractivity contribution in [3.8, 4) is 0 Å². The number of benzene rings is 2. The van der Waals surface area contributed by atoms with Crippen molar-refractivity contribution in [1.82, 2.24) is 0 Å². The zero-order valence-corrected chi connectivity index (χ0v) is 16.9. The van der Waals surface area contributed by atoms with Gasteiger partial charge < -0.3 is 20.1 Å². The lowest BCUT2D eigenvalue weighted by Crippen LogP contribution is -2.21. The van der Waals surface area contributed by atoms with Crippen LogP contribution in [0.25, 0.3) is 0 Å². The van der Waals surface area contributed by atoms with Gasteiger partial charge in [0.05, 0.1) is 18.6 Å². The molecule has 0 saturated carbocycles. The Balaban J connectivity index is 1.68. The summed E-state index contributed by atoms with van der Waals surface area (Å²) in [6.45, 7) is 3.50. The van der Waals surface area contributed by atoms with Gasteiger partial charge in [0, 0.05) is 17.8 Å². The van der Waals surface area contributed by atoms with Crippen molar-refractivity contribution in [3.05, 3.63) is 59.7 Å². The van der Waals surface area contributed by atoms with Crippen molar-refractivity contribution in [2.24, 2.45) is 0 Å². The summed E-state index contributed by atoms with van der Waals surface area (Å²) in [6, 6.07) is 13.4. The SMILES string of the molecule is CCOC(=O)c1ccc(NC(=O)CCC(=O)OCC(=O)Nc2ccc(C)cc2)cc1. The van der Waals surface area contributed by atoms with E-state index in [1.54, 1.807) is 31.2 Å². The van der Waals surface area contributed by atoms with Crippen LogP contribution in [0, 0.1) is 6.92 Å². The Morgan fingerprint density at radius 1 is 0.767 bits per heavy atom. The van der Waals surface area contributed by atoms with Gasteiger partial charge in [-0.3, -0.25) is 14.4 Å². The largest absolute Gasteiger partial charge is 0.462 e. The molecular formula is C22H24N2O6. The van der Waals surface area contributed by atoms with E-state index in [9.17, 15) is 19.2 Å². The average molecular weight is 412 g/mol. The molecule has 0 saturated heterocycles. The minimum atomic E-state index is -0.651. The maximum Gasteiger partial charge on any atom is 0.338 e. The fourth-order valence-electron chi connectivity index (χ4n) is 2.40. The molecule has 158 valence electrons. The molecule has 8 nitrogen and oxygen atoms in total. The van der Waals surface area contributed by atoms with Gasteiger partial charge in [-0.15, -0.1) is 0 Å². The monoisotopic (exact) mass is 412 g/mol. The van der Waals surface area contributed by atoms with Gasteiger partial charge in [0.15, 0.2) is 6.61 Å². The molecule has 0 unspecified atom stereocenters. The van der Waals surface area contributed by atoms with E-state index in [-0.39, 0.29) is 25.4 Å². The van der Waals surface area contributed by atoms with Crippen LogP contribution in [-0.4, -0.2) is 37.0 Å². The molecule has 0 aliphatic carbocycles. The van der Waals surface area contributed by atoms with E-state index >= 15 is 0 Å². The second-order valence-corrected chi connectivity index (χ2v) is 6.42. The summed E-state index contributed by atoms with van der Waals surface area (Å²) in [6.07, 6.45) is -0.261. The molecule has 0 spiro atoms. The summed E-state index contributed by atoms with van der Waals surface area (Å²) in [5.41, 5.74) is 2.53. The van der Waals surface area contributed by atoms with Gasteiger partial charge in [-0.25, -0.2) is 4.79 Å². The van der Waals surface area contributed by atoms with Crippen molar-refractivity contribution in [2.45, 2.75) is 26.7 Å². The van der Waals surface area contributed by atoms with E-state index in [1.807, 2.05) is 19.1 Å². The normalized spacial score (nSPS) is 10.1. The Hall–Kier alpha value is -3.68. The molecule has 0 fully saturated rings. The molecule has 2 amide bonds. The molecular weight excluding hydrogens is 388 g/mol. The lowest BCUT2D eigenvalue weighted by Gasteiger charge is -2.08. The van der Waals surface area contributed by atoms with Crippen LogP contribution in [0.1, 0.15) is 35.7 Å². The number of anilines is 2. The molecule has 2 rings (SSSR count). The summed E-state index contributed by atoms with van der Waals surface area (Å²) < 4.78 is 9.77. The quantitative estimate of drug-likeness (QED) is 0.613. The van der Waals surface area contributed by atoms with Gasteiger partial charge in [-0.05, 0) is 50.2 Å². The molecule has 0 aliphatic rings. The number of hydrogen-bond acceptors (Lipinski definition) is 6. The molecule has 0 aromatic heterocycles. The second kappa shape index (κ2) is 11.4. The van der Waals surface area contributed by atoms with Gasteiger partial charge in [0.2, 0.25) is 5.91 Å². The van der Waals surface area contributed by atoms with Crippen molar-refractivity contribution in [1.29, 1.82) is 0 Å². The summed E-state index contributed by atoms with van der Waals surface area (Å²) in [4.78, 5) is 47.1. The highest BCUT2D eigenvalue weighted by Crippen LogP contribution is 2.12. The maximum absolute atomic E-state index is 12.0. The Morgan fingerprint density at radius 3 is 1.93 bits per heavy atom. The van der Waals surface area contributed by atoms with Crippen LogP contribution < -0.4 is 10.6 Å². The molecule has 2 aromatic rings. The minimum absolute atomic E-state index is 0.0992. The Bertz CT molecular complexity index is 891. The number of hydrogen-bond donors (Lipinski definition) is 2. The van der Waals surface area contributed by atoms with Crippen molar-refractivity contribution in [3.63, 3.8) is 0 Å². The number of rotatable bonds is 9. The molecule has 2 aromatic carbocycles. The van der Waals surface area contributed by atoms with E-state index < -0.39 is 24.5 Å². The topological polar surface area (TPSA) is 111 Å². The zero-order valence-electron chi connectivity index (χ0n) is 16.9. The first kappa shape index (κ1) is 22.6. The number of nitrogens with one attached hydrogen (secondary N) is 2. The Morgan fingerprint density at radius 2 is 1.33 bits per heavy atom. The fourth-order valence-corrected chi connectivity index (χ4v) is 2.40. The van der Waals surface area contributed by atoms with Crippen LogP contribution in [0.2, 0.25) is 0 Å². The van der Waals surface area contributed by atoms with Gasteiger partial charge in [0.1, 0.15) is 0 Å². The van der Waals surface area contributed by atoms with Gasteiger partial charge >= 0.3 is 11.9 Å². The Kier molecular flexibility index (Phi) is 8.56. The summed E-state index contributed by atoms with van der Waals surface area (Å²) >= 11 is 0. The van der Waals surface area contributed by atoms with Crippen molar-refractivity contribution in [2.75, 3.05) is 23.8 Å². The molecule has 0 atom stereocenters. The summed E-state index contributed by atoms with van der Waals surface area (Å²) in [5.74, 6) is -1.94. The summed E-state index contributed by atoms with van der Waals surface area (Å²) in [7, 11) is 0. The highest BCUT2D eigenvalue weighted by molar-refractivity contribution is 5.95. The number of carbonyl (C=O) groups is 4. The van der Waals surface area contributed by atoms with E-state index in [0.29, 0.717) is 16.9 Å². The molecule has 8 heteroatoms. The molecule has 2 N–H and O–H groups in total. The molecule has 0 heterocycles. The van der Waals surface area contributed by atoms with Crippen LogP contribution in [-0.2, 0) is 23.9 Å².